The lowest BCUT2D eigenvalue weighted by molar-refractivity contribution is 0.139. The van der Waals surface area contributed by atoms with Gasteiger partial charge in [0.15, 0.2) is 0 Å². The van der Waals surface area contributed by atoms with Crippen LogP contribution in [0.2, 0.25) is 0 Å². The molecular weight excluding hydrogens is 302 g/mol. The molecule has 1 amide bonds. The van der Waals surface area contributed by atoms with Gasteiger partial charge in [0.2, 0.25) is 0 Å². The molecule has 0 radical (unpaired) electrons. The van der Waals surface area contributed by atoms with E-state index in [0.29, 0.717) is 6.54 Å². The van der Waals surface area contributed by atoms with E-state index in [0.717, 1.165) is 46.1 Å². The topological polar surface area (TPSA) is 47.4 Å². The summed E-state index contributed by atoms with van der Waals surface area (Å²) < 4.78 is 7.58. The smallest absolute Gasteiger partial charge is 0.414 e. The van der Waals surface area contributed by atoms with Crippen LogP contribution in [0.3, 0.4) is 0 Å². The van der Waals surface area contributed by atoms with Crippen LogP contribution in [0.5, 0.6) is 0 Å². The zero-order valence-electron chi connectivity index (χ0n) is 15.3. The molecule has 2 aromatic rings. The molecule has 5 nitrogen and oxygen atoms in total. The molecule has 128 valence electrons. The molecule has 3 rings (SSSR count). The fourth-order valence-electron chi connectivity index (χ4n) is 3.49. The minimum absolute atomic E-state index is 0.0152. The molecule has 5 heteroatoms. The van der Waals surface area contributed by atoms with Crippen molar-refractivity contribution < 1.29 is 9.53 Å². The van der Waals surface area contributed by atoms with Gasteiger partial charge < -0.3 is 9.30 Å². The van der Waals surface area contributed by atoms with E-state index in [1.165, 1.54) is 0 Å². The van der Waals surface area contributed by atoms with E-state index in [-0.39, 0.29) is 12.2 Å². The molecule has 1 aromatic carbocycles. The number of cyclic esters (lactones) is 1. The monoisotopic (exact) mass is 327 g/mol. The number of anilines is 1. The number of amides is 1. The Balaban J connectivity index is 2.06. The lowest BCUT2D eigenvalue weighted by Gasteiger charge is -2.20. The van der Waals surface area contributed by atoms with Gasteiger partial charge in [-0.2, -0.15) is 0 Å². The van der Waals surface area contributed by atoms with Crippen LogP contribution >= 0.6 is 0 Å². The first-order valence-electron chi connectivity index (χ1n) is 8.45. The Morgan fingerprint density at radius 1 is 1.17 bits per heavy atom. The fraction of sp³-hybridized carbons (Fsp3) is 0.474. The van der Waals surface area contributed by atoms with Crippen LogP contribution in [-0.2, 0) is 4.74 Å². The van der Waals surface area contributed by atoms with Gasteiger partial charge in [-0.1, -0.05) is 6.92 Å². The van der Waals surface area contributed by atoms with Crippen molar-refractivity contribution in [2.45, 2.75) is 54.1 Å². The van der Waals surface area contributed by atoms with E-state index in [4.69, 9.17) is 4.74 Å². The number of nitrogens with zero attached hydrogens (tertiary/aromatic N) is 3. The van der Waals surface area contributed by atoms with E-state index in [9.17, 15) is 4.79 Å². The molecule has 1 atom stereocenters. The Morgan fingerprint density at radius 3 is 2.25 bits per heavy atom. The zero-order chi connectivity index (χ0) is 17.6. The summed E-state index contributed by atoms with van der Waals surface area (Å²) in [5, 5.41) is 0. The molecule has 1 aliphatic heterocycles. The molecule has 1 aliphatic rings. The van der Waals surface area contributed by atoms with Crippen LogP contribution in [0, 0.1) is 34.6 Å². The first kappa shape index (κ1) is 16.6. The Bertz CT molecular complexity index is 784. The van der Waals surface area contributed by atoms with Crippen LogP contribution in [-0.4, -0.2) is 28.3 Å². The molecule has 1 aromatic heterocycles. The number of rotatable bonds is 3. The Kier molecular flexibility index (Phi) is 4.11. The summed E-state index contributed by atoms with van der Waals surface area (Å²) in [7, 11) is 0. The summed E-state index contributed by atoms with van der Waals surface area (Å²) in [6, 6.07) is 4.13. The molecule has 0 N–H and O–H groups in total. The SMILES string of the molecule is CCC1CN(c2cc(C)c(-n3c(C)nc(C)c3C)c(C)c2)C(=O)O1. The van der Waals surface area contributed by atoms with Crippen LogP contribution in [0.25, 0.3) is 5.69 Å². The van der Waals surface area contributed by atoms with E-state index < -0.39 is 0 Å². The van der Waals surface area contributed by atoms with Gasteiger partial charge in [0, 0.05) is 11.4 Å². The van der Waals surface area contributed by atoms with Crippen LogP contribution in [0.4, 0.5) is 10.5 Å². The highest BCUT2D eigenvalue weighted by Gasteiger charge is 2.31. The molecule has 0 aliphatic carbocycles. The van der Waals surface area contributed by atoms with Crippen LogP contribution in [0.1, 0.15) is 41.7 Å². The fourth-order valence-corrected chi connectivity index (χ4v) is 3.49. The molecule has 1 saturated heterocycles. The summed E-state index contributed by atoms with van der Waals surface area (Å²) in [5.41, 5.74) is 6.50. The molecule has 2 heterocycles. The largest absolute Gasteiger partial charge is 0.444 e. The average molecular weight is 327 g/mol. The Hall–Kier alpha value is -2.30. The maximum atomic E-state index is 12.1. The number of aryl methyl sites for hydroxylation is 4. The van der Waals surface area contributed by atoms with Gasteiger partial charge in [0.1, 0.15) is 11.9 Å². The second kappa shape index (κ2) is 5.96. The third kappa shape index (κ3) is 2.58. The lowest BCUT2D eigenvalue weighted by Crippen LogP contribution is -2.24. The van der Waals surface area contributed by atoms with Crippen molar-refractivity contribution in [1.82, 2.24) is 9.55 Å². The van der Waals surface area contributed by atoms with Gasteiger partial charge in [0.05, 0.1) is 17.9 Å². The van der Waals surface area contributed by atoms with E-state index in [1.807, 2.05) is 20.8 Å². The molecule has 0 bridgehead atoms. The number of carbonyl (C=O) groups excluding carboxylic acids is 1. The normalized spacial score (nSPS) is 17.5. The molecule has 0 saturated carbocycles. The highest BCUT2D eigenvalue weighted by Crippen LogP contribution is 2.31. The highest BCUT2D eigenvalue weighted by atomic mass is 16.6. The average Bonchev–Trinajstić information content (AvgIpc) is 3.01. The van der Waals surface area contributed by atoms with Gasteiger partial charge in [-0.05, 0) is 64.3 Å². The van der Waals surface area contributed by atoms with E-state index >= 15 is 0 Å². The van der Waals surface area contributed by atoms with Crippen molar-refractivity contribution in [2.24, 2.45) is 0 Å². The number of hydrogen-bond donors (Lipinski definition) is 0. The first-order valence-corrected chi connectivity index (χ1v) is 8.45. The first-order chi connectivity index (χ1) is 11.3. The minimum Gasteiger partial charge on any atom is -0.444 e. The molecule has 1 fully saturated rings. The molecular formula is C19H25N3O2. The third-order valence-electron chi connectivity index (χ3n) is 4.85. The number of carbonyl (C=O) groups is 1. The van der Waals surface area contributed by atoms with Gasteiger partial charge in [-0.3, -0.25) is 4.90 Å². The van der Waals surface area contributed by atoms with Gasteiger partial charge >= 0.3 is 6.09 Å². The van der Waals surface area contributed by atoms with Gasteiger partial charge in [-0.15, -0.1) is 0 Å². The lowest BCUT2D eigenvalue weighted by atomic mass is 10.1. The Labute approximate surface area is 143 Å². The molecule has 24 heavy (non-hydrogen) atoms. The van der Waals surface area contributed by atoms with E-state index in [2.05, 4.69) is 42.5 Å². The third-order valence-corrected chi connectivity index (χ3v) is 4.85. The maximum absolute atomic E-state index is 12.1. The van der Waals surface area contributed by atoms with Crippen molar-refractivity contribution in [3.63, 3.8) is 0 Å². The number of benzene rings is 1. The zero-order valence-corrected chi connectivity index (χ0v) is 15.3. The van der Waals surface area contributed by atoms with Crippen molar-refractivity contribution in [2.75, 3.05) is 11.4 Å². The van der Waals surface area contributed by atoms with Gasteiger partial charge in [-0.25, -0.2) is 9.78 Å². The van der Waals surface area contributed by atoms with Crippen molar-refractivity contribution in [3.8, 4) is 5.69 Å². The van der Waals surface area contributed by atoms with Crippen molar-refractivity contribution in [3.05, 3.63) is 40.5 Å². The summed E-state index contributed by atoms with van der Waals surface area (Å²) in [6.07, 6.45) is 0.572. The summed E-state index contributed by atoms with van der Waals surface area (Å²) in [5.74, 6) is 0.982. The highest BCUT2D eigenvalue weighted by molar-refractivity contribution is 5.90. The van der Waals surface area contributed by atoms with Crippen LogP contribution in [0.15, 0.2) is 12.1 Å². The summed E-state index contributed by atoms with van der Waals surface area (Å²) >= 11 is 0. The molecule has 1 unspecified atom stereocenters. The van der Waals surface area contributed by atoms with Crippen LogP contribution < -0.4 is 4.90 Å². The number of imidazole rings is 1. The summed E-state index contributed by atoms with van der Waals surface area (Å²) in [4.78, 5) is 18.4. The quantitative estimate of drug-likeness (QED) is 0.851. The predicted molar refractivity (Wildman–Crippen MR) is 95.2 cm³/mol. The van der Waals surface area contributed by atoms with Gasteiger partial charge in [0.25, 0.3) is 0 Å². The van der Waals surface area contributed by atoms with Crippen molar-refractivity contribution >= 4 is 11.8 Å². The Morgan fingerprint density at radius 2 is 1.79 bits per heavy atom. The van der Waals surface area contributed by atoms with Crippen molar-refractivity contribution in [1.29, 1.82) is 0 Å². The van der Waals surface area contributed by atoms with E-state index in [1.54, 1.807) is 4.90 Å². The summed E-state index contributed by atoms with van der Waals surface area (Å²) in [6.45, 7) is 13.0. The predicted octanol–water partition coefficient (Wildman–Crippen LogP) is 4.15. The second-order valence-electron chi connectivity index (χ2n) is 6.62. The number of aromatic nitrogens is 2. The second-order valence-corrected chi connectivity index (χ2v) is 6.62. The number of ether oxygens (including phenoxy) is 1. The maximum Gasteiger partial charge on any atom is 0.414 e. The standard InChI is InChI=1S/C19H25N3O2/c1-7-17-10-21(19(23)24-17)16-8-11(2)18(12(3)9-16)22-14(5)13(4)20-15(22)6/h8-9,17H,7,10H2,1-6H3. The molecule has 0 spiro atoms. The number of hydrogen-bond acceptors (Lipinski definition) is 3. The minimum atomic E-state index is -0.251.